The Bertz CT molecular complexity index is 407. The zero-order chi connectivity index (χ0) is 13.0. The van der Waals surface area contributed by atoms with Crippen molar-refractivity contribution in [1.82, 2.24) is 9.80 Å². The topological polar surface area (TPSA) is 43.8 Å². The highest BCUT2D eigenvalue weighted by molar-refractivity contribution is 6.32. The second-order valence-electron chi connectivity index (χ2n) is 4.21. The van der Waals surface area contributed by atoms with Gasteiger partial charge in [0.05, 0.1) is 11.6 Å². The summed E-state index contributed by atoms with van der Waals surface area (Å²) in [5, 5.41) is 10.1. The van der Waals surface area contributed by atoms with E-state index < -0.39 is 0 Å². The van der Waals surface area contributed by atoms with E-state index >= 15 is 0 Å². The number of rotatable bonds is 4. The number of likely N-dealkylation sites (N-methyl/N-ethyl adjacent to an activating group) is 2. The molecule has 0 aliphatic carbocycles. The smallest absolute Gasteiger partial charge is 0.236 e. The van der Waals surface area contributed by atoms with Crippen molar-refractivity contribution in [2.45, 2.75) is 6.54 Å². The van der Waals surface area contributed by atoms with Crippen LogP contribution in [0.1, 0.15) is 5.56 Å². The minimum absolute atomic E-state index is 0.0222. The standard InChI is InChI=1S/C12H17ClN2O2/c1-14(2)11(16)8-15(3)7-9-5-4-6-10(13)12(9)17/h4-6,17H,7-8H2,1-3H3. The third kappa shape index (κ3) is 3.91. The Hall–Kier alpha value is -1.26. The number of aromatic hydroxyl groups is 1. The Morgan fingerprint density at radius 1 is 1.35 bits per heavy atom. The van der Waals surface area contributed by atoms with E-state index in [-0.39, 0.29) is 11.7 Å². The van der Waals surface area contributed by atoms with Crippen molar-refractivity contribution >= 4 is 17.5 Å². The summed E-state index contributed by atoms with van der Waals surface area (Å²) in [6, 6.07) is 5.20. The third-order valence-electron chi connectivity index (χ3n) is 2.41. The van der Waals surface area contributed by atoms with Gasteiger partial charge in [-0.25, -0.2) is 0 Å². The van der Waals surface area contributed by atoms with Gasteiger partial charge in [-0.1, -0.05) is 23.7 Å². The maximum Gasteiger partial charge on any atom is 0.236 e. The molecule has 1 N–H and O–H groups in total. The second-order valence-corrected chi connectivity index (χ2v) is 4.62. The van der Waals surface area contributed by atoms with Gasteiger partial charge in [0.25, 0.3) is 0 Å². The van der Waals surface area contributed by atoms with Crippen LogP contribution in [0.25, 0.3) is 0 Å². The molecule has 0 saturated carbocycles. The molecule has 17 heavy (non-hydrogen) atoms. The van der Waals surface area contributed by atoms with Gasteiger partial charge in [-0.05, 0) is 13.1 Å². The summed E-state index contributed by atoms with van der Waals surface area (Å²) in [5.74, 6) is 0.104. The number of para-hydroxylation sites is 1. The minimum atomic E-state index is 0.0222. The largest absolute Gasteiger partial charge is 0.506 e. The molecular formula is C12H17ClN2O2. The monoisotopic (exact) mass is 256 g/mol. The minimum Gasteiger partial charge on any atom is -0.506 e. The summed E-state index contributed by atoms with van der Waals surface area (Å²) in [6.45, 7) is 0.783. The van der Waals surface area contributed by atoms with Gasteiger partial charge in [0.1, 0.15) is 5.75 Å². The van der Waals surface area contributed by atoms with Crippen molar-refractivity contribution in [3.8, 4) is 5.75 Å². The maximum atomic E-state index is 11.5. The molecule has 0 aliphatic rings. The predicted octanol–water partition coefficient (Wildman–Crippen LogP) is 1.57. The van der Waals surface area contributed by atoms with Crippen LogP contribution in [0, 0.1) is 0 Å². The Balaban J connectivity index is 2.65. The molecule has 0 saturated heterocycles. The lowest BCUT2D eigenvalue weighted by molar-refractivity contribution is -0.129. The van der Waals surface area contributed by atoms with Crippen LogP contribution >= 0.6 is 11.6 Å². The molecule has 1 amide bonds. The summed E-state index contributed by atoms with van der Waals surface area (Å²) in [7, 11) is 5.25. The highest BCUT2D eigenvalue weighted by Crippen LogP contribution is 2.27. The molecule has 1 aromatic rings. The van der Waals surface area contributed by atoms with E-state index in [2.05, 4.69) is 0 Å². The maximum absolute atomic E-state index is 11.5. The van der Waals surface area contributed by atoms with Crippen LogP contribution in [0.5, 0.6) is 5.75 Å². The van der Waals surface area contributed by atoms with Gasteiger partial charge in [-0.2, -0.15) is 0 Å². The summed E-state index contributed by atoms with van der Waals surface area (Å²) in [4.78, 5) is 14.9. The summed E-state index contributed by atoms with van der Waals surface area (Å²) >= 11 is 5.81. The van der Waals surface area contributed by atoms with Crippen LogP contribution in [0.15, 0.2) is 18.2 Å². The van der Waals surface area contributed by atoms with Crippen molar-refractivity contribution in [1.29, 1.82) is 0 Å². The zero-order valence-electron chi connectivity index (χ0n) is 10.3. The van der Waals surface area contributed by atoms with Crippen LogP contribution in [-0.4, -0.2) is 48.5 Å². The number of hydrogen-bond donors (Lipinski definition) is 1. The van der Waals surface area contributed by atoms with Crippen LogP contribution in [0.4, 0.5) is 0 Å². The fraction of sp³-hybridized carbons (Fsp3) is 0.417. The summed E-state index contributed by atoms with van der Waals surface area (Å²) in [5.41, 5.74) is 0.714. The van der Waals surface area contributed by atoms with Crippen LogP contribution < -0.4 is 0 Å². The van der Waals surface area contributed by atoms with Gasteiger partial charge in [0.15, 0.2) is 0 Å². The van der Waals surface area contributed by atoms with E-state index in [1.165, 1.54) is 4.90 Å². The molecule has 0 fully saturated rings. The average molecular weight is 257 g/mol. The van der Waals surface area contributed by atoms with Crippen molar-refractivity contribution in [3.05, 3.63) is 28.8 Å². The first-order valence-corrected chi connectivity index (χ1v) is 5.64. The van der Waals surface area contributed by atoms with E-state index in [1.807, 2.05) is 11.9 Å². The molecule has 0 spiro atoms. The fourth-order valence-electron chi connectivity index (χ4n) is 1.41. The summed E-state index contributed by atoms with van der Waals surface area (Å²) in [6.07, 6.45) is 0. The Labute approximate surface area is 106 Å². The lowest BCUT2D eigenvalue weighted by atomic mass is 10.2. The van der Waals surface area contributed by atoms with Crippen LogP contribution in [0.2, 0.25) is 5.02 Å². The molecule has 0 bridgehead atoms. The highest BCUT2D eigenvalue weighted by Gasteiger charge is 2.11. The molecular weight excluding hydrogens is 240 g/mol. The first kappa shape index (κ1) is 13.8. The zero-order valence-corrected chi connectivity index (χ0v) is 11.0. The molecule has 5 heteroatoms. The molecule has 0 atom stereocenters. The molecule has 0 radical (unpaired) electrons. The molecule has 4 nitrogen and oxygen atoms in total. The Morgan fingerprint density at radius 3 is 2.59 bits per heavy atom. The SMILES string of the molecule is CN(CC(=O)N(C)C)Cc1cccc(Cl)c1O. The van der Waals surface area contributed by atoms with E-state index in [9.17, 15) is 9.90 Å². The van der Waals surface area contributed by atoms with Gasteiger partial charge in [0.2, 0.25) is 5.91 Å². The molecule has 0 aliphatic heterocycles. The first-order valence-electron chi connectivity index (χ1n) is 5.27. The van der Waals surface area contributed by atoms with Crippen molar-refractivity contribution < 1.29 is 9.90 Å². The Morgan fingerprint density at radius 2 is 2.00 bits per heavy atom. The van der Waals surface area contributed by atoms with E-state index in [1.54, 1.807) is 32.3 Å². The lowest BCUT2D eigenvalue weighted by Gasteiger charge is -2.19. The third-order valence-corrected chi connectivity index (χ3v) is 2.72. The average Bonchev–Trinajstić information content (AvgIpc) is 2.24. The van der Waals surface area contributed by atoms with Crippen molar-refractivity contribution in [2.24, 2.45) is 0 Å². The quantitative estimate of drug-likeness (QED) is 0.889. The first-order chi connectivity index (χ1) is 7.91. The number of benzene rings is 1. The summed E-state index contributed by atoms with van der Waals surface area (Å²) < 4.78 is 0. The number of halogens is 1. The number of carbonyl (C=O) groups excluding carboxylic acids is 1. The number of carbonyl (C=O) groups is 1. The van der Waals surface area contributed by atoms with Gasteiger partial charge >= 0.3 is 0 Å². The number of nitrogens with zero attached hydrogens (tertiary/aromatic N) is 2. The number of hydrogen-bond acceptors (Lipinski definition) is 3. The molecule has 1 rings (SSSR count). The molecule has 0 unspecified atom stereocenters. The predicted molar refractivity (Wildman–Crippen MR) is 68.1 cm³/mol. The highest BCUT2D eigenvalue weighted by atomic mass is 35.5. The normalized spacial score (nSPS) is 10.6. The van der Waals surface area contributed by atoms with Crippen molar-refractivity contribution in [2.75, 3.05) is 27.7 Å². The van der Waals surface area contributed by atoms with Gasteiger partial charge < -0.3 is 10.0 Å². The fourth-order valence-corrected chi connectivity index (χ4v) is 1.60. The molecule has 94 valence electrons. The number of phenols is 1. The van der Waals surface area contributed by atoms with Crippen LogP contribution in [0.3, 0.4) is 0 Å². The van der Waals surface area contributed by atoms with E-state index in [4.69, 9.17) is 11.6 Å². The number of phenolic OH excluding ortho intramolecular Hbond substituents is 1. The van der Waals surface area contributed by atoms with E-state index in [0.717, 1.165) is 0 Å². The number of amides is 1. The second kappa shape index (κ2) is 5.89. The lowest BCUT2D eigenvalue weighted by Crippen LogP contribution is -2.34. The molecule has 0 aromatic heterocycles. The van der Waals surface area contributed by atoms with Gasteiger partial charge in [-0.3, -0.25) is 9.69 Å². The molecule has 0 heterocycles. The van der Waals surface area contributed by atoms with E-state index in [0.29, 0.717) is 23.7 Å². The van der Waals surface area contributed by atoms with Gasteiger partial charge in [0, 0.05) is 26.2 Å². The van der Waals surface area contributed by atoms with Gasteiger partial charge in [-0.15, -0.1) is 0 Å². The van der Waals surface area contributed by atoms with Crippen molar-refractivity contribution in [3.63, 3.8) is 0 Å². The Kier molecular flexibility index (Phi) is 4.78. The molecule has 1 aromatic carbocycles. The van der Waals surface area contributed by atoms with Crippen LogP contribution in [-0.2, 0) is 11.3 Å².